The number of hydrogen-bond acceptors (Lipinski definition) is 5. The largest absolute Gasteiger partial charge is 0.492 e. The number of imide groups is 1. The van der Waals surface area contributed by atoms with Gasteiger partial charge >= 0.3 is 0 Å². The number of ether oxygens (including phenoxy) is 1. The van der Waals surface area contributed by atoms with Crippen LogP contribution in [-0.4, -0.2) is 39.7 Å². The second-order valence-electron chi connectivity index (χ2n) is 7.48. The molecule has 1 fully saturated rings. The average molecular weight is 468 g/mol. The predicted octanol–water partition coefficient (Wildman–Crippen LogP) is 3.94. The van der Waals surface area contributed by atoms with E-state index in [0.29, 0.717) is 10.7 Å². The predicted molar refractivity (Wildman–Crippen MR) is 125 cm³/mol. The molecule has 0 saturated carbocycles. The molecular formula is C24H22FN3O4S. The first-order valence-corrected chi connectivity index (χ1v) is 11.2. The highest BCUT2D eigenvalue weighted by Gasteiger charge is 2.35. The SMILES string of the molecule is CCc1cccc2c(/C=C3\SC(=O)N(CCOc4ccc(F)cc4)C3=O)cn(CC(N)=O)c12. The third kappa shape index (κ3) is 4.78. The fourth-order valence-corrected chi connectivity index (χ4v) is 4.63. The first-order valence-electron chi connectivity index (χ1n) is 10.4. The van der Waals surface area contributed by atoms with Crippen molar-refractivity contribution >= 4 is 45.8 Å². The summed E-state index contributed by atoms with van der Waals surface area (Å²) in [6, 6.07) is 11.3. The lowest BCUT2D eigenvalue weighted by Crippen LogP contribution is -2.32. The summed E-state index contributed by atoms with van der Waals surface area (Å²) in [6.07, 6.45) is 4.22. The summed E-state index contributed by atoms with van der Waals surface area (Å²) in [7, 11) is 0. The molecule has 2 heterocycles. The van der Waals surface area contributed by atoms with Gasteiger partial charge in [0, 0.05) is 17.1 Å². The number of nitrogens with two attached hydrogens (primary N) is 1. The third-order valence-electron chi connectivity index (χ3n) is 5.28. The molecule has 0 atom stereocenters. The van der Waals surface area contributed by atoms with Crippen LogP contribution < -0.4 is 10.5 Å². The second kappa shape index (κ2) is 9.50. The highest BCUT2D eigenvalue weighted by molar-refractivity contribution is 8.18. The molecule has 1 saturated heterocycles. The number of fused-ring (bicyclic) bond motifs is 1. The number of para-hydroxylation sites is 1. The van der Waals surface area contributed by atoms with E-state index in [1.54, 1.807) is 16.8 Å². The van der Waals surface area contributed by atoms with E-state index in [2.05, 4.69) is 0 Å². The average Bonchev–Trinajstić information content (AvgIpc) is 3.26. The van der Waals surface area contributed by atoms with Gasteiger partial charge in [-0.3, -0.25) is 19.3 Å². The number of rotatable bonds is 8. The maximum Gasteiger partial charge on any atom is 0.293 e. The summed E-state index contributed by atoms with van der Waals surface area (Å²) in [5.41, 5.74) is 8.09. The fourth-order valence-electron chi connectivity index (χ4n) is 3.78. The van der Waals surface area contributed by atoms with E-state index in [1.807, 2.05) is 25.1 Å². The van der Waals surface area contributed by atoms with Gasteiger partial charge in [0.15, 0.2) is 0 Å². The molecule has 2 aromatic carbocycles. The lowest BCUT2D eigenvalue weighted by molar-refractivity contribution is -0.123. The molecule has 0 unspecified atom stereocenters. The van der Waals surface area contributed by atoms with Gasteiger partial charge in [-0.05, 0) is 54.1 Å². The summed E-state index contributed by atoms with van der Waals surface area (Å²) >= 11 is 0.859. The maximum atomic E-state index is 13.0. The van der Waals surface area contributed by atoms with Crippen LogP contribution in [0.3, 0.4) is 0 Å². The Morgan fingerprint density at radius 3 is 2.64 bits per heavy atom. The Hall–Kier alpha value is -3.59. The minimum Gasteiger partial charge on any atom is -0.492 e. The lowest BCUT2D eigenvalue weighted by atomic mass is 10.1. The van der Waals surface area contributed by atoms with E-state index in [4.69, 9.17) is 10.5 Å². The number of aryl methyl sites for hydroxylation is 1. The molecule has 4 rings (SSSR count). The van der Waals surface area contributed by atoms with Gasteiger partial charge in [0.2, 0.25) is 5.91 Å². The standard InChI is InChI=1S/C24H22FN3O4S/c1-2-15-4-3-5-19-16(13-27(22(15)19)14-21(26)29)12-20-23(30)28(24(31)33-20)10-11-32-18-8-6-17(25)7-9-18/h3-9,12-13H,2,10-11,14H2,1H3,(H2,26,29)/b20-12-. The van der Waals surface area contributed by atoms with Crippen LogP contribution in [0.25, 0.3) is 17.0 Å². The van der Waals surface area contributed by atoms with Gasteiger partial charge in [-0.1, -0.05) is 25.1 Å². The normalized spacial score (nSPS) is 15.1. The number of carbonyl (C=O) groups is 3. The molecule has 7 nitrogen and oxygen atoms in total. The summed E-state index contributed by atoms with van der Waals surface area (Å²) < 4.78 is 20.3. The van der Waals surface area contributed by atoms with Crippen molar-refractivity contribution in [1.82, 2.24) is 9.47 Å². The van der Waals surface area contributed by atoms with E-state index in [9.17, 15) is 18.8 Å². The molecule has 33 heavy (non-hydrogen) atoms. The quantitative estimate of drug-likeness (QED) is 0.507. The summed E-state index contributed by atoms with van der Waals surface area (Å²) in [4.78, 5) is 38.3. The number of amides is 3. The van der Waals surface area contributed by atoms with Crippen molar-refractivity contribution in [2.45, 2.75) is 19.9 Å². The number of hydrogen-bond donors (Lipinski definition) is 1. The summed E-state index contributed by atoms with van der Waals surface area (Å²) in [5.74, 6) is -0.796. The van der Waals surface area contributed by atoms with Crippen molar-refractivity contribution in [2.75, 3.05) is 13.2 Å². The van der Waals surface area contributed by atoms with Gasteiger partial charge in [-0.15, -0.1) is 0 Å². The number of thioether (sulfide) groups is 1. The first-order chi connectivity index (χ1) is 15.9. The van der Waals surface area contributed by atoms with Gasteiger partial charge in [-0.25, -0.2) is 4.39 Å². The molecule has 9 heteroatoms. The van der Waals surface area contributed by atoms with Gasteiger partial charge < -0.3 is 15.0 Å². The second-order valence-corrected chi connectivity index (χ2v) is 8.47. The van der Waals surface area contributed by atoms with Crippen molar-refractivity contribution in [2.24, 2.45) is 5.73 Å². The fraction of sp³-hybridized carbons (Fsp3) is 0.208. The maximum absolute atomic E-state index is 13.0. The van der Waals surface area contributed by atoms with Gasteiger partial charge in [0.05, 0.1) is 17.0 Å². The van der Waals surface area contributed by atoms with E-state index in [0.717, 1.165) is 45.1 Å². The molecular weight excluding hydrogens is 445 g/mol. The van der Waals surface area contributed by atoms with E-state index < -0.39 is 11.8 Å². The molecule has 3 aromatic rings. The molecule has 3 amide bonds. The zero-order valence-corrected chi connectivity index (χ0v) is 18.7. The zero-order chi connectivity index (χ0) is 23.5. The number of aromatic nitrogens is 1. The number of nitrogens with zero attached hydrogens (tertiary/aromatic N) is 2. The van der Waals surface area contributed by atoms with Gasteiger partial charge in [-0.2, -0.15) is 0 Å². The van der Waals surface area contributed by atoms with Crippen LogP contribution in [0.1, 0.15) is 18.1 Å². The Bertz CT molecular complexity index is 1270. The third-order valence-corrected chi connectivity index (χ3v) is 6.18. The van der Waals surface area contributed by atoms with Crippen molar-refractivity contribution in [3.05, 3.63) is 70.5 Å². The molecule has 2 N–H and O–H groups in total. The van der Waals surface area contributed by atoms with Crippen LogP contribution in [-0.2, 0) is 22.6 Å². The first kappa shape index (κ1) is 22.6. The lowest BCUT2D eigenvalue weighted by Gasteiger charge is -2.13. The highest BCUT2D eigenvalue weighted by Crippen LogP contribution is 2.34. The van der Waals surface area contributed by atoms with E-state index in [-0.39, 0.29) is 30.8 Å². The summed E-state index contributed by atoms with van der Waals surface area (Å²) in [6.45, 7) is 2.20. The topological polar surface area (TPSA) is 94.6 Å². The number of carbonyl (C=O) groups excluding carboxylic acids is 3. The van der Waals surface area contributed by atoms with Crippen molar-refractivity contribution < 1.29 is 23.5 Å². The zero-order valence-electron chi connectivity index (χ0n) is 17.9. The van der Waals surface area contributed by atoms with Crippen LogP contribution in [0.2, 0.25) is 0 Å². The molecule has 1 aliphatic rings. The minimum absolute atomic E-state index is 0.0174. The van der Waals surface area contributed by atoms with Crippen LogP contribution in [0, 0.1) is 5.82 Å². The monoisotopic (exact) mass is 467 g/mol. The Morgan fingerprint density at radius 1 is 1.18 bits per heavy atom. The van der Waals surface area contributed by atoms with E-state index in [1.165, 1.54) is 24.3 Å². The molecule has 0 bridgehead atoms. The van der Waals surface area contributed by atoms with Crippen LogP contribution >= 0.6 is 11.8 Å². The molecule has 170 valence electrons. The van der Waals surface area contributed by atoms with Crippen LogP contribution in [0.5, 0.6) is 5.75 Å². The molecule has 0 radical (unpaired) electrons. The highest BCUT2D eigenvalue weighted by atomic mass is 32.2. The Kier molecular flexibility index (Phi) is 6.50. The Balaban J connectivity index is 1.55. The number of halogens is 1. The van der Waals surface area contributed by atoms with Crippen molar-refractivity contribution in [3.63, 3.8) is 0 Å². The Labute approximate surface area is 194 Å². The van der Waals surface area contributed by atoms with Crippen molar-refractivity contribution in [1.29, 1.82) is 0 Å². The Morgan fingerprint density at radius 2 is 1.94 bits per heavy atom. The molecule has 1 aromatic heterocycles. The number of primary amides is 1. The molecule has 0 aliphatic carbocycles. The smallest absolute Gasteiger partial charge is 0.293 e. The van der Waals surface area contributed by atoms with Crippen LogP contribution in [0.4, 0.5) is 9.18 Å². The number of benzene rings is 2. The summed E-state index contributed by atoms with van der Waals surface area (Å²) in [5, 5.41) is 0.492. The minimum atomic E-state index is -0.467. The van der Waals surface area contributed by atoms with Crippen LogP contribution in [0.15, 0.2) is 53.6 Å². The van der Waals surface area contributed by atoms with Crippen molar-refractivity contribution in [3.8, 4) is 5.75 Å². The van der Waals surface area contributed by atoms with E-state index >= 15 is 0 Å². The van der Waals surface area contributed by atoms with Gasteiger partial charge in [0.1, 0.15) is 24.7 Å². The molecule has 0 spiro atoms. The van der Waals surface area contributed by atoms with Gasteiger partial charge in [0.25, 0.3) is 11.1 Å². The molecule has 1 aliphatic heterocycles.